The van der Waals surface area contributed by atoms with Crippen LogP contribution in [0.3, 0.4) is 0 Å². The Labute approximate surface area is 150 Å². The van der Waals surface area contributed by atoms with Crippen molar-refractivity contribution in [2.75, 3.05) is 6.61 Å². The van der Waals surface area contributed by atoms with E-state index in [-0.39, 0.29) is 25.0 Å². The summed E-state index contributed by atoms with van der Waals surface area (Å²) in [6, 6.07) is 11.1. The zero-order valence-corrected chi connectivity index (χ0v) is 14.6. The minimum Gasteiger partial charge on any atom is -0.374 e. The molecule has 0 N–H and O–H groups in total. The molecular formula is C19H17ClFNO3. The molecular weight excluding hydrogens is 345 g/mol. The number of hydrogen-bond acceptors (Lipinski definition) is 3. The third-order valence-electron chi connectivity index (χ3n) is 4.13. The van der Waals surface area contributed by atoms with E-state index in [9.17, 15) is 14.0 Å². The molecule has 0 saturated carbocycles. The molecule has 0 atom stereocenters. The van der Waals surface area contributed by atoms with Crippen LogP contribution in [-0.2, 0) is 11.3 Å². The third kappa shape index (κ3) is 3.30. The van der Waals surface area contributed by atoms with E-state index in [0.717, 1.165) is 0 Å². The second kappa shape index (κ2) is 6.58. The number of ether oxygens (including phenoxy) is 1. The highest BCUT2D eigenvalue weighted by Gasteiger charge is 2.43. The molecule has 0 spiro atoms. The first-order chi connectivity index (χ1) is 11.8. The Kier molecular flexibility index (Phi) is 4.62. The van der Waals surface area contributed by atoms with Crippen LogP contribution in [-0.4, -0.2) is 28.9 Å². The summed E-state index contributed by atoms with van der Waals surface area (Å²) in [4.78, 5) is 26.3. The Morgan fingerprint density at radius 1 is 1.08 bits per heavy atom. The van der Waals surface area contributed by atoms with E-state index < -0.39 is 11.4 Å². The molecule has 4 nitrogen and oxygen atoms in total. The number of nitrogens with zero attached hydrogens (tertiary/aromatic N) is 1. The predicted molar refractivity (Wildman–Crippen MR) is 92.1 cm³/mol. The van der Waals surface area contributed by atoms with Crippen LogP contribution < -0.4 is 0 Å². The summed E-state index contributed by atoms with van der Waals surface area (Å²) in [7, 11) is 0. The van der Waals surface area contributed by atoms with E-state index in [2.05, 4.69) is 0 Å². The van der Waals surface area contributed by atoms with Crippen LogP contribution in [0.1, 0.15) is 40.1 Å². The molecule has 2 aromatic rings. The average Bonchev–Trinajstić information content (AvgIpc) is 2.82. The number of halogens is 2. The Morgan fingerprint density at radius 3 is 2.24 bits per heavy atom. The monoisotopic (exact) mass is 361 g/mol. The molecule has 1 aliphatic heterocycles. The molecule has 6 heteroatoms. The Bertz CT molecular complexity index is 815. The highest BCUT2D eigenvalue weighted by Crippen LogP contribution is 2.29. The number of benzene rings is 2. The van der Waals surface area contributed by atoms with E-state index >= 15 is 0 Å². The minimum absolute atomic E-state index is 0.0234. The number of fused-ring (bicyclic) bond motifs is 1. The average molecular weight is 362 g/mol. The van der Waals surface area contributed by atoms with Gasteiger partial charge < -0.3 is 4.74 Å². The van der Waals surface area contributed by atoms with E-state index in [4.69, 9.17) is 16.3 Å². The molecule has 0 unspecified atom stereocenters. The Balaban J connectivity index is 1.70. The van der Waals surface area contributed by atoms with Gasteiger partial charge in [0.15, 0.2) is 0 Å². The summed E-state index contributed by atoms with van der Waals surface area (Å²) < 4.78 is 19.4. The summed E-state index contributed by atoms with van der Waals surface area (Å²) in [5.41, 5.74) is 0.284. The molecule has 2 amide bonds. The lowest BCUT2D eigenvalue weighted by atomic mass is 10.0. The van der Waals surface area contributed by atoms with Gasteiger partial charge >= 0.3 is 0 Å². The smallest absolute Gasteiger partial charge is 0.262 e. The predicted octanol–water partition coefficient (Wildman–Crippen LogP) is 4.07. The first kappa shape index (κ1) is 17.6. The van der Waals surface area contributed by atoms with Crippen LogP contribution in [0.2, 0.25) is 5.02 Å². The number of amides is 2. The third-order valence-corrected chi connectivity index (χ3v) is 4.36. The Hall–Kier alpha value is -2.24. The molecule has 0 aromatic heterocycles. The maximum Gasteiger partial charge on any atom is 0.262 e. The van der Waals surface area contributed by atoms with Gasteiger partial charge in [0.2, 0.25) is 0 Å². The van der Waals surface area contributed by atoms with Gasteiger partial charge in [-0.3, -0.25) is 14.5 Å². The van der Waals surface area contributed by atoms with Gasteiger partial charge in [0.1, 0.15) is 5.82 Å². The van der Waals surface area contributed by atoms with Gasteiger partial charge in [-0.15, -0.1) is 0 Å². The number of imide groups is 1. The first-order valence-electron chi connectivity index (χ1n) is 7.81. The van der Waals surface area contributed by atoms with Crippen molar-refractivity contribution in [3.8, 4) is 0 Å². The zero-order chi connectivity index (χ0) is 18.2. The highest BCUT2D eigenvalue weighted by molar-refractivity contribution is 6.30. The van der Waals surface area contributed by atoms with Crippen LogP contribution in [0.5, 0.6) is 0 Å². The van der Waals surface area contributed by atoms with Crippen molar-refractivity contribution in [2.24, 2.45) is 0 Å². The van der Waals surface area contributed by atoms with Gasteiger partial charge in [0.25, 0.3) is 11.8 Å². The molecule has 0 radical (unpaired) electrons. The van der Waals surface area contributed by atoms with Crippen LogP contribution in [0.15, 0.2) is 42.5 Å². The Morgan fingerprint density at radius 2 is 1.68 bits per heavy atom. The second-order valence-electron chi connectivity index (χ2n) is 6.53. The maximum atomic E-state index is 13.8. The molecule has 1 heterocycles. The van der Waals surface area contributed by atoms with Crippen LogP contribution in [0.4, 0.5) is 4.39 Å². The topological polar surface area (TPSA) is 46.6 Å². The fourth-order valence-corrected chi connectivity index (χ4v) is 3.01. The van der Waals surface area contributed by atoms with Gasteiger partial charge in [-0.25, -0.2) is 4.39 Å². The van der Waals surface area contributed by atoms with Crippen molar-refractivity contribution in [3.63, 3.8) is 0 Å². The van der Waals surface area contributed by atoms with Gasteiger partial charge in [-0.05, 0) is 38.1 Å². The second-order valence-corrected chi connectivity index (χ2v) is 6.97. The summed E-state index contributed by atoms with van der Waals surface area (Å²) in [5.74, 6) is -1.13. The van der Waals surface area contributed by atoms with Crippen molar-refractivity contribution >= 4 is 23.4 Å². The van der Waals surface area contributed by atoms with Crippen molar-refractivity contribution in [3.05, 3.63) is 70.0 Å². The zero-order valence-electron chi connectivity index (χ0n) is 13.9. The molecule has 0 fully saturated rings. The van der Waals surface area contributed by atoms with E-state index in [1.807, 2.05) is 0 Å². The van der Waals surface area contributed by atoms with Gasteiger partial charge in [-0.2, -0.15) is 0 Å². The minimum atomic E-state index is -0.865. The standard InChI is InChI=1S/C19H17ClFNO3/c1-19(2,11-25-10-12-7-8-13(20)9-16(12)21)22-17(23)14-5-3-4-6-15(14)18(22)24/h3-9H,10-11H2,1-2H3. The van der Waals surface area contributed by atoms with Gasteiger partial charge in [0.05, 0.1) is 29.9 Å². The quantitative estimate of drug-likeness (QED) is 0.754. The number of hydrogen-bond donors (Lipinski definition) is 0. The van der Waals surface area contributed by atoms with E-state index in [1.54, 1.807) is 50.2 Å². The molecule has 1 aliphatic rings. The van der Waals surface area contributed by atoms with E-state index in [1.165, 1.54) is 11.0 Å². The SMILES string of the molecule is CC(C)(COCc1ccc(Cl)cc1F)N1C(=O)c2ccccc2C1=O. The van der Waals surface area contributed by atoms with Crippen molar-refractivity contribution < 1.29 is 18.7 Å². The largest absolute Gasteiger partial charge is 0.374 e. The van der Waals surface area contributed by atoms with Crippen LogP contribution in [0.25, 0.3) is 0 Å². The fraction of sp³-hybridized carbons (Fsp3) is 0.263. The molecule has 2 aromatic carbocycles. The molecule has 0 bridgehead atoms. The molecule has 3 rings (SSSR count). The lowest BCUT2D eigenvalue weighted by Crippen LogP contribution is -2.50. The first-order valence-corrected chi connectivity index (χ1v) is 8.18. The van der Waals surface area contributed by atoms with Crippen molar-refractivity contribution in [1.29, 1.82) is 0 Å². The molecule has 130 valence electrons. The summed E-state index contributed by atoms with van der Waals surface area (Å²) in [5, 5.41) is 0.313. The summed E-state index contributed by atoms with van der Waals surface area (Å²) in [6.45, 7) is 3.59. The molecule has 0 aliphatic carbocycles. The lowest BCUT2D eigenvalue weighted by Gasteiger charge is -2.33. The number of carbonyl (C=O) groups excluding carboxylic acids is 2. The van der Waals surface area contributed by atoms with E-state index in [0.29, 0.717) is 21.7 Å². The summed E-state index contributed by atoms with van der Waals surface area (Å²) >= 11 is 5.72. The lowest BCUT2D eigenvalue weighted by molar-refractivity contribution is 0.0112. The van der Waals surface area contributed by atoms with Crippen molar-refractivity contribution in [1.82, 2.24) is 4.90 Å². The summed E-state index contributed by atoms with van der Waals surface area (Å²) in [6.07, 6.45) is 0. The van der Waals surface area contributed by atoms with Crippen LogP contribution >= 0.6 is 11.6 Å². The van der Waals surface area contributed by atoms with Crippen molar-refractivity contribution in [2.45, 2.75) is 26.0 Å². The number of carbonyl (C=O) groups is 2. The maximum absolute atomic E-state index is 13.8. The van der Waals surface area contributed by atoms with Crippen LogP contribution in [0, 0.1) is 5.82 Å². The fourth-order valence-electron chi connectivity index (χ4n) is 2.85. The number of rotatable bonds is 5. The van der Waals surface area contributed by atoms with Gasteiger partial charge in [0, 0.05) is 10.6 Å². The highest BCUT2D eigenvalue weighted by atomic mass is 35.5. The normalized spacial score (nSPS) is 14.2. The molecule has 25 heavy (non-hydrogen) atoms. The molecule has 0 saturated heterocycles. The van der Waals surface area contributed by atoms with Gasteiger partial charge in [-0.1, -0.05) is 29.8 Å².